The van der Waals surface area contributed by atoms with Crippen LogP contribution < -0.4 is 6.15 Å². The van der Waals surface area contributed by atoms with Crippen molar-refractivity contribution in [3.63, 3.8) is 0 Å². The van der Waals surface area contributed by atoms with Crippen LogP contribution in [0.25, 0.3) is 0 Å². The first kappa shape index (κ1) is 17.4. The molecule has 5 heteroatoms. The van der Waals surface area contributed by atoms with Crippen molar-refractivity contribution in [1.82, 2.24) is 11.1 Å². The smallest absolute Gasteiger partial charge is 0.293 e. The second kappa shape index (κ2) is 16.7. The lowest BCUT2D eigenvalue weighted by Crippen LogP contribution is -1.99. The fourth-order valence-electron chi connectivity index (χ4n) is 0.196. The minimum absolute atomic E-state index is 0. The zero-order valence-corrected chi connectivity index (χ0v) is 8.12. The van der Waals surface area contributed by atoms with Crippen molar-refractivity contribution in [2.45, 2.75) is 6.42 Å². The molecular weight excluding hydrogens is 160 g/mol. The number of carbonyl (C=O) groups is 1. The predicted molar refractivity (Wildman–Crippen MR) is 48.4 cm³/mol. The molecule has 12 heavy (non-hydrogen) atoms. The van der Waals surface area contributed by atoms with Crippen LogP contribution >= 0.6 is 0 Å². The Labute approximate surface area is 73.9 Å². The van der Waals surface area contributed by atoms with Crippen LogP contribution in [-0.2, 0) is 9.53 Å². The van der Waals surface area contributed by atoms with E-state index in [4.69, 9.17) is 5.11 Å². The van der Waals surface area contributed by atoms with E-state index in [2.05, 4.69) is 4.74 Å². The molecule has 4 N–H and O–H groups in total. The molecule has 0 saturated carbocycles. The standard InChI is InChI=1S/C4H8O3.C3H9N.H3N/c5-2-1-3-7-4-6;1-4(2)3;/h4-5H,1-3H2;1-3H3;1H3. The van der Waals surface area contributed by atoms with Gasteiger partial charge in [0.05, 0.1) is 6.61 Å². The van der Waals surface area contributed by atoms with Gasteiger partial charge >= 0.3 is 0 Å². The fourth-order valence-corrected chi connectivity index (χ4v) is 0.196. The molecule has 76 valence electrons. The van der Waals surface area contributed by atoms with Crippen molar-refractivity contribution in [2.75, 3.05) is 34.4 Å². The average Bonchev–Trinajstić information content (AvgIpc) is 1.88. The number of ether oxygens (including phenoxy) is 1. The second-order valence-corrected chi connectivity index (χ2v) is 2.39. The van der Waals surface area contributed by atoms with Crippen LogP contribution in [0.5, 0.6) is 0 Å². The van der Waals surface area contributed by atoms with Crippen molar-refractivity contribution in [2.24, 2.45) is 0 Å². The van der Waals surface area contributed by atoms with E-state index in [0.717, 1.165) is 0 Å². The molecule has 0 radical (unpaired) electrons. The lowest BCUT2D eigenvalue weighted by Gasteiger charge is -1.90. The van der Waals surface area contributed by atoms with Crippen LogP contribution in [-0.4, -0.2) is 50.8 Å². The van der Waals surface area contributed by atoms with Crippen LogP contribution in [0.4, 0.5) is 0 Å². The SMILES string of the molecule is CN(C)C.N.O=COCCCO. The Kier molecular flexibility index (Phi) is 24.3. The van der Waals surface area contributed by atoms with Crippen LogP contribution in [0.1, 0.15) is 6.42 Å². The van der Waals surface area contributed by atoms with Crippen molar-refractivity contribution < 1.29 is 14.6 Å². The monoisotopic (exact) mass is 180 g/mol. The van der Waals surface area contributed by atoms with Crippen molar-refractivity contribution >= 4 is 6.47 Å². The number of hydrogen-bond donors (Lipinski definition) is 2. The minimum Gasteiger partial charge on any atom is -0.468 e. The zero-order chi connectivity index (χ0) is 9.11. The summed E-state index contributed by atoms with van der Waals surface area (Å²) in [5.41, 5.74) is 0. The van der Waals surface area contributed by atoms with E-state index < -0.39 is 0 Å². The quantitative estimate of drug-likeness (QED) is 0.465. The summed E-state index contributed by atoms with van der Waals surface area (Å²) in [6.07, 6.45) is 0.527. The first-order chi connectivity index (χ1) is 5.15. The molecule has 0 rings (SSSR count). The molecule has 0 aromatic carbocycles. The summed E-state index contributed by atoms with van der Waals surface area (Å²) in [7, 11) is 6.00. The van der Waals surface area contributed by atoms with Gasteiger partial charge in [-0.25, -0.2) is 0 Å². The molecule has 0 aromatic rings. The van der Waals surface area contributed by atoms with Gasteiger partial charge in [-0.2, -0.15) is 0 Å². The first-order valence-corrected chi connectivity index (χ1v) is 3.42. The van der Waals surface area contributed by atoms with Gasteiger partial charge in [0.1, 0.15) is 0 Å². The van der Waals surface area contributed by atoms with E-state index in [1.54, 1.807) is 0 Å². The van der Waals surface area contributed by atoms with E-state index in [0.29, 0.717) is 19.5 Å². The molecular formula is C7H20N2O3. The van der Waals surface area contributed by atoms with Gasteiger partial charge in [-0.15, -0.1) is 0 Å². The van der Waals surface area contributed by atoms with Gasteiger partial charge in [0.25, 0.3) is 6.47 Å². The molecule has 0 spiro atoms. The second-order valence-electron chi connectivity index (χ2n) is 2.39. The minimum atomic E-state index is 0. The number of aliphatic hydroxyl groups excluding tert-OH is 1. The van der Waals surface area contributed by atoms with Gasteiger partial charge in [0, 0.05) is 13.0 Å². The Bertz CT molecular complexity index is 76.3. The van der Waals surface area contributed by atoms with Crippen molar-refractivity contribution in [3.8, 4) is 0 Å². The number of nitrogens with zero attached hydrogens (tertiary/aromatic N) is 1. The summed E-state index contributed by atoms with van der Waals surface area (Å²) in [5, 5.41) is 8.10. The van der Waals surface area contributed by atoms with E-state index in [1.807, 2.05) is 26.0 Å². The van der Waals surface area contributed by atoms with E-state index in [-0.39, 0.29) is 12.8 Å². The molecule has 0 amide bonds. The van der Waals surface area contributed by atoms with Gasteiger partial charge in [0.15, 0.2) is 0 Å². The van der Waals surface area contributed by atoms with Gasteiger partial charge in [-0.05, 0) is 21.1 Å². The molecule has 5 nitrogen and oxygen atoms in total. The van der Waals surface area contributed by atoms with Crippen LogP contribution in [0.15, 0.2) is 0 Å². The highest BCUT2D eigenvalue weighted by Gasteiger charge is 1.79. The van der Waals surface area contributed by atoms with Crippen LogP contribution in [0, 0.1) is 0 Å². The summed E-state index contributed by atoms with van der Waals surface area (Å²) in [6.45, 7) is 0.767. The van der Waals surface area contributed by atoms with Crippen molar-refractivity contribution in [3.05, 3.63) is 0 Å². The highest BCUT2D eigenvalue weighted by molar-refractivity contribution is 5.36. The molecule has 0 fully saturated rings. The third-order valence-electron chi connectivity index (χ3n) is 0.488. The molecule has 0 aliphatic carbocycles. The van der Waals surface area contributed by atoms with E-state index >= 15 is 0 Å². The van der Waals surface area contributed by atoms with Gasteiger partial charge in [-0.3, -0.25) is 4.79 Å². The van der Waals surface area contributed by atoms with Crippen LogP contribution in [0.3, 0.4) is 0 Å². The Hall–Kier alpha value is -0.650. The highest BCUT2D eigenvalue weighted by Crippen LogP contribution is 1.73. The maximum absolute atomic E-state index is 9.38. The molecule has 0 saturated heterocycles. The predicted octanol–water partition coefficient (Wildman–Crippen LogP) is -0.118. The fraction of sp³-hybridized carbons (Fsp3) is 0.857. The normalized spacial score (nSPS) is 7.75. The van der Waals surface area contributed by atoms with E-state index in [9.17, 15) is 4.79 Å². The molecule has 0 heterocycles. The average molecular weight is 180 g/mol. The Balaban J connectivity index is -0.000000142. The Morgan fingerprint density at radius 2 is 1.83 bits per heavy atom. The molecule has 0 aliphatic heterocycles. The van der Waals surface area contributed by atoms with Crippen LogP contribution in [0.2, 0.25) is 0 Å². The maximum atomic E-state index is 9.38. The summed E-state index contributed by atoms with van der Waals surface area (Å²) in [5.74, 6) is 0. The lowest BCUT2D eigenvalue weighted by molar-refractivity contribution is -0.128. The largest absolute Gasteiger partial charge is 0.468 e. The highest BCUT2D eigenvalue weighted by atomic mass is 16.5. The summed E-state index contributed by atoms with van der Waals surface area (Å²) in [6, 6.07) is 0. The Morgan fingerprint density at radius 1 is 1.42 bits per heavy atom. The first-order valence-electron chi connectivity index (χ1n) is 3.42. The number of rotatable bonds is 4. The van der Waals surface area contributed by atoms with Gasteiger partial charge in [-0.1, -0.05) is 0 Å². The van der Waals surface area contributed by atoms with Crippen molar-refractivity contribution in [1.29, 1.82) is 0 Å². The van der Waals surface area contributed by atoms with E-state index in [1.165, 1.54) is 0 Å². The lowest BCUT2D eigenvalue weighted by atomic mass is 10.5. The molecule has 0 atom stereocenters. The summed E-state index contributed by atoms with van der Waals surface area (Å²) >= 11 is 0. The third-order valence-corrected chi connectivity index (χ3v) is 0.488. The maximum Gasteiger partial charge on any atom is 0.293 e. The molecule has 0 unspecified atom stereocenters. The zero-order valence-electron chi connectivity index (χ0n) is 8.12. The molecule has 0 aliphatic rings. The third kappa shape index (κ3) is 58.1. The molecule has 0 aromatic heterocycles. The Morgan fingerprint density at radius 3 is 2.08 bits per heavy atom. The molecule has 0 bridgehead atoms. The van der Waals surface area contributed by atoms with Gasteiger partial charge < -0.3 is 20.9 Å². The topological polar surface area (TPSA) is 84.8 Å². The summed E-state index contributed by atoms with van der Waals surface area (Å²) in [4.78, 5) is 11.4. The number of aliphatic hydroxyl groups is 1. The van der Waals surface area contributed by atoms with Gasteiger partial charge in [0.2, 0.25) is 0 Å². The number of carbonyl (C=O) groups excluding carboxylic acids is 1. The number of hydrogen-bond acceptors (Lipinski definition) is 5. The summed E-state index contributed by atoms with van der Waals surface area (Å²) < 4.78 is 4.23.